The molecule has 0 aliphatic heterocycles. The molecule has 22 nitrogen and oxygen atoms in total. The maximum Gasteiger partial charge on any atom is 0.417 e. The Labute approximate surface area is 416 Å². The van der Waals surface area contributed by atoms with Crippen LogP contribution in [0.5, 0.6) is 5.75 Å². The minimum atomic E-state index is -4.72. The van der Waals surface area contributed by atoms with Crippen LogP contribution in [0, 0.1) is 22.9 Å². The van der Waals surface area contributed by atoms with E-state index in [1.165, 1.54) is 61.7 Å². The lowest BCUT2D eigenvalue weighted by Crippen LogP contribution is -2.18. The van der Waals surface area contributed by atoms with Crippen molar-refractivity contribution in [2.24, 2.45) is 30.8 Å². The van der Waals surface area contributed by atoms with Gasteiger partial charge >= 0.3 is 6.18 Å². The van der Waals surface area contributed by atoms with Gasteiger partial charge in [-0.1, -0.05) is 90.5 Å². The van der Waals surface area contributed by atoms with Crippen LogP contribution >= 0.6 is 11.6 Å². The molecule has 0 amide bonds. The number of nitrogens with two attached hydrogens (primary N) is 6. The van der Waals surface area contributed by atoms with Crippen molar-refractivity contribution in [3.05, 3.63) is 178 Å². The zero-order valence-corrected chi connectivity index (χ0v) is 42.4. The third-order valence-electron chi connectivity index (χ3n) is 7.93. The molecule has 12 N–H and O–H groups in total. The molecular formula is C39H42ClF4N7O15S6. The maximum absolute atomic E-state index is 12.6. The molecule has 0 spiro atoms. The Hall–Kier alpha value is -6.01. The van der Waals surface area contributed by atoms with Gasteiger partial charge in [-0.15, -0.1) is 0 Å². The van der Waals surface area contributed by atoms with Gasteiger partial charge in [0.05, 0.1) is 32.4 Å². The number of hydrogen-bond acceptors (Lipinski definition) is 15. The molecule has 33 heteroatoms. The summed E-state index contributed by atoms with van der Waals surface area (Å²) in [5.41, 5.74) is -1.08. The van der Waals surface area contributed by atoms with Gasteiger partial charge < -0.3 is 4.74 Å². The summed E-state index contributed by atoms with van der Waals surface area (Å²) < 4.78 is 184. The van der Waals surface area contributed by atoms with Crippen molar-refractivity contribution in [1.82, 2.24) is 0 Å². The van der Waals surface area contributed by atoms with Gasteiger partial charge in [0.15, 0.2) is 4.90 Å². The molecule has 0 unspecified atom stereocenters. The second kappa shape index (κ2) is 26.6. The fourth-order valence-corrected chi connectivity index (χ4v) is 9.50. The molecule has 0 aromatic heterocycles. The molecule has 0 aliphatic rings. The van der Waals surface area contributed by atoms with Crippen molar-refractivity contribution in [3.63, 3.8) is 0 Å². The first-order valence-electron chi connectivity index (χ1n) is 18.5. The molecular weight excluding hydrogens is 1110 g/mol. The average molecular weight is 1150 g/mol. The molecule has 0 radical (unpaired) electrons. The van der Waals surface area contributed by atoms with Crippen LogP contribution < -0.4 is 35.6 Å². The van der Waals surface area contributed by atoms with Gasteiger partial charge in [0, 0.05) is 6.07 Å². The van der Waals surface area contributed by atoms with Crippen LogP contribution in [0.2, 0.25) is 5.02 Å². The van der Waals surface area contributed by atoms with Crippen LogP contribution in [-0.2, 0) is 66.3 Å². The second-order valence-electron chi connectivity index (χ2n) is 13.3. The third kappa shape index (κ3) is 21.8. The molecule has 0 bridgehead atoms. The normalized spacial score (nSPS) is 11.6. The predicted octanol–water partition coefficient (Wildman–Crippen LogP) is 4.04. The number of sulfonamides is 6. The summed E-state index contributed by atoms with van der Waals surface area (Å²) in [7, 11) is -21.7. The van der Waals surface area contributed by atoms with Gasteiger partial charge in [-0.05, 0) is 73.2 Å². The van der Waals surface area contributed by atoms with Crippen molar-refractivity contribution < 1.29 is 77.7 Å². The fraction of sp³-hybridized carbons (Fsp3) is 0.0769. The lowest BCUT2D eigenvalue weighted by Gasteiger charge is -2.10. The van der Waals surface area contributed by atoms with Crippen molar-refractivity contribution >= 4 is 77.4 Å². The van der Waals surface area contributed by atoms with Gasteiger partial charge in [-0.25, -0.2) is 85.7 Å². The first-order valence-corrected chi connectivity index (χ1v) is 28.2. The summed E-state index contributed by atoms with van der Waals surface area (Å²) in [6, 6.07) is 32.5. The van der Waals surface area contributed by atoms with Crippen molar-refractivity contribution in [2.45, 2.75) is 42.5 Å². The molecule has 72 heavy (non-hydrogen) atoms. The van der Waals surface area contributed by atoms with Gasteiger partial charge in [-0.2, -0.15) is 13.2 Å². The molecule has 0 aliphatic carbocycles. The largest absolute Gasteiger partial charge is 0.495 e. The maximum atomic E-state index is 12.6. The highest BCUT2D eigenvalue weighted by molar-refractivity contribution is 7.90. The second-order valence-corrected chi connectivity index (χ2v) is 22.9. The number of alkyl halides is 3. The van der Waals surface area contributed by atoms with Crippen LogP contribution in [0.25, 0.3) is 0 Å². The highest BCUT2D eigenvalue weighted by Crippen LogP contribution is 2.33. The van der Waals surface area contributed by atoms with Crippen LogP contribution in [-0.4, -0.2) is 62.5 Å². The number of halogens is 5. The van der Waals surface area contributed by atoms with E-state index < -0.39 is 103 Å². The molecule has 6 aromatic carbocycles. The Kier molecular flexibility index (Phi) is 23.7. The molecule has 0 atom stereocenters. The quantitative estimate of drug-likeness (QED) is 0.0711. The topological polar surface area (TPSA) is 413 Å². The third-order valence-corrected chi connectivity index (χ3v) is 14.2. The lowest BCUT2D eigenvalue weighted by atomic mass is 10.2. The number of rotatable bonds is 8. The molecule has 0 fully saturated rings. The monoisotopic (exact) mass is 1150 g/mol. The molecule has 6 aromatic rings. The van der Waals surface area contributed by atoms with E-state index in [4.69, 9.17) is 36.9 Å². The van der Waals surface area contributed by atoms with Gasteiger partial charge in [0.25, 0.3) is 5.69 Å². The van der Waals surface area contributed by atoms with Gasteiger partial charge in [0.1, 0.15) is 26.3 Å². The smallest absolute Gasteiger partial charge is 0.417 e. The Morgan fingerprint density at radius 3 is 1.11 bits per heavy atom. The number of ether oxygens (including phenoxy) is 1. The van der Waals surface area contributed by atoms with Crippen molar-refractivity contribution in [3.8, 4) is 5.75 Å². The Morgan fingerprint density at radius 2 is 0.806 bits per heavy atom. The van der Waals surface area contributed by atoms with E-state index in [9.17, 15) is 78.2 Å². The van der Waals surface area contributed by atoms with E-state index in [0.717, 1.165) is 36.4 Å². The Balaban J connectivity index is 0.000000433. The summed E-state index contributed by atoms with van der Waals surface area (Å²) in [5.74, 6) is -0.560. The van der Waals surface area contributed by atoms with E-state index in [0.29, 0.717) is 11.6 Å². The first kappa shape index (κ1) is 64.0. The highest BCUT2D eigenvalue weighted by atomic mass is 35.5. The van der Waals surface area contributed by atoms with Crippen LogP contribution in [0.4, 0.5) is 23.2 Å². The minimum Gasteiger partial charge on any atom is -0.495 e. The number of nitro benzene ring substituents is 1. The van der Waals surface area contributed by atoms with Crippen LogP contribution in [0.15, 0.2) is 175 Å². The number of methoxy groups -OCH3 is 1. The summed E-state index contributed by atoms with van der Waals surface area (Å²) in [5, 5.41) is 39.3. The number of nitrogens with zero attached hydrogens (tertiary/aromatic N) is 1. The fourth-order valence-electron chi connectivity index (χ4n) is 4.88. The standard InChI is InChI=1S/C7H6F3NO2S.C7H9NO3S.C7H9NO2S.C6H6ClNO2S.C6H6FNO2S.C6H6N2O4S/c8-7(9,10)5-3-1-2-4-6(5)14(11,12)13;1-11-6-4-2-3-5-7(6)12(8,9)10;1-6-4-2-3-5-7(6)11(8,9)10;2*7-5-3-1-2-4-6(5)11(8,9)10;7-13(11,12)6-4-2-1-3-5(6)8(9)10/h1-4H,(H2,11,12,13);2-5H,1H3,(H2,8,9,10);2-5H,1H3,(H2,8,9,10);2*1-4H,(H2,8,9,10);1-4H,(H2,7,11,12). The predicted molar refractivity (Wildman–Crippen MR) is 255 cm³/mol. The number of nitro groups is 1. The van der Waals surface area contributed by atoms with E-state index in [2.05, 4.69) is 10.3 Å². The Bertz CT molecular complexity index is 3370. The molecule has 0 saturated carbocycles. The summed E-state index contributed by atoms with van der Waals surface area (Å²) in [6.45, 7) is 1.71. The molecule has 6 rings (SSSR count). The molecule has 0 saturated heterocycles. The van der Waals surface area contributed by atoms with Crippen LogP contribution in [0.1, 0.15) is 11.1 Å². The van der Waals surface area contributed by atoms with E-state index in [1.807, 2.05) is 0 Å². The summed E-state index contributed by atoms with van der Waals surface area (Å²) >= 11 is 5.55. The lowest BCUT2D eigenvalue weighted by molar-refractivity contribution is -0.387. The van der Waals surface area contributed by atoms with E-state index >= 15 is 0 Å². The number of para-hydroxylation sites is 2. The SMILES string of the molecule is COc1ccccc1S(N)(=O)=O.Cc1ccccc1S(N)(=O)=O.NS(=O)(=O)c1ccccc1C(F)(F)F.NS(=O)(=O)c1ccccc1Cl.NS(=O)(=O)c1ccccc1F.NS(=O)(=O)c1ccccc1[N+](=O)[O-]. The van der Waals surface area contributed by atoms with Crippen molar-refractivity contribution in [2.75, 3.05) is 7.11 Å². The number of aryl methyl sites for hydroxylation is 1. The number of hydrogen-bond donors (Lipinski definition) is 6. The van der Waals surface area contributed by atoms with Crippen LogP contribution in [0.3, 0.4) is 0 Å². The van der Waals surface area contributed by atoms with Gasteiger partial charge in [0.2, 0.25) is 60.1 Å². The molecule has 0 heterocycles. The van der Waals surface area contributed by atoms with Crippen molar-refractivity contribution in [1.29, 1.82) is 0 Å². The first-order chi connectivity index (χ1) is 32.8. The zero-order chi connectivity index (χ0) is 55.7. The van der Waals surface area contributed by atoms with E-state index in [1.54, 1.807) is 55.5 Å². The Morgan fingerprint density at radius 1 is 0.472 bits per heavy atom. The summed E-state index contributed by atoms with van der Waals surface area (Å²) in [6.07, 6.45) is -4.72. The number of primary sulfonamides is 6. The van der Waals surface area contributed by atoms with E-state index in [-0.39, 0.29) is 25.5 Å². The molecule has 394 valence electrons. The summed E-state index contributed by atoms with van der Waals surface area (Å²) in [4.78, 5) is 7.87. The number of benzene rings is 6. The highest BCUT2D eigenvalue weighted by Gasteiger charge is 2.35. The average Bonchev–Trinajstić information content (AvgIpc) is 3.25. The van der Waals surface area contributed by atoms with Gasteiger partial charge in [-0.3, -0.25) is 10.1 Å². The minimum absolute atomic E-state index is 0.00694. The zero-order valence-electron chi connectivity index (χ0n) is 36.7.